The zero-order valence-electron chi connectivity index (χ0n) is 16.6. The van der Waals surface area contributed by atoms with Crippen molar-refractivity contribution in [2.75, 3.05) is 0 Å². The number of carbonyl (C=O) groups is 1. The normalized spacial score (nSPS) is 11.3. The maximum atomic E-state index is 12.7. The van der Waals surface area contributed by atoms with Crippen LogP contribution < -0.4 is 5.56 Å². The first-order valence-electron chi connectivity index (χ1n) is 9.50. The summed E-state index contributed by atoms with van der Waals surface area (Å²) in [5.74, 6) is -0.280. The van der Waals surface area contributed by atoms with E-state index in [0.29, 0.717) is 25.8 Å². The molecule has 0 aliphatic heterocycles. The number of esters is 1. The Bertz CT molecular complexity index is 1570. The van der Waals surface area contributed by atoms with Crippen molar-refractivity contribution in [3.05, 3.63) is 85.3 Å². The highest BCUT2D eigenvalue weighted by atomic mass is 35.5. The molecule has 10 heteroatoms. The summed E-state index contributed by atoms with van der Waals surface area (Å²) in [5, 5.41) is 6.89. The number of benzene rings is 2. The molecule has 0 bridgehead atoms. The molecule has 0 saturated carbocycles. The summed E-state index contributed by atoms with van der Waals surface area (Å²) >= 11 is 13.4. The number of carbonyl (C=O) groups excluding carboxylic acids is 1. The van der Waals surface area contributed by atoms with Crippen LogP contribution in [0.2, 0.25) is 10.0 Å². The number of hydrogen-bond acceptors (Lipinski definition) is 6. The Hall–Kier alpha value is -3.20. The highest BCUT2D eigenvalue weighted by Crippen LogP contribution is 2.31. The van der Waals surface area contributed by atoms with E-state index < -0.39 is 5.97 Å². The number of aryl methyl sites for hydroxylation is 1. The van der Waals surface area contributed by atoms with Gasteiger partial charge < -0.3 is 9.72 Å². The van der Waals surface area contributed by atoms with Crippen LogP contribution in [-0.2, 0) is 11.3 Å². The zero-order chi connectivity index (χ0) is 22.4. The second-order valence-corrected chi connectivity index (χ2v) is 8.96. The highest BCUT2D eigenvalue weighted by molar-refractivity contribution is 7.20. The molecular formula is C22H14Cl2N4O3S. The van der Waals surface area contributed by atoms with E-state index >= 15 is 0 Å². The first kappa shape index (κ1) is 20.7. The van der Waals surface area contributed by atoms with Crippen molar-refractivity contribution in [2.24, 2.45) is 0 Å². The van der Waals surface area contributed by atoms with Gasteiger partial charge in [0.1, 0.15) is 22.1 Å². The van der Waals surface area contributed by atoms with Crippen LogP contribution in [0.3, 0.4) is 0 Å². The van der Waals surface area contributed by atoms with E-state index in [1.807, 2.05) is 19.1 Å². The fourth-order valence-electron chi connectivity index (χ4n) is 3.37. The Morgan fingerprint density at radius 1 is 1.12 bits per heavy atom. The number of ether oxygens (including phenoxy) is 1. The van der Waals surface area contributed by atoms with Gasteiger partial charge in [-0.3, -0.25) is 4.79 Å². The summed E-state index contributed by atoms with van der Waals surface area (Å²) in [4.78, 5) is 33.1. The number of hydrogen-bond donors (Lipinski definition) is 1. The molecule has 3 heterocycles. The van der Waals surface area contributed by atoms with E-state index in [9.17, 15) is 9.59 Å². The molecule has 0 fully saturated rings. The van der Waals surface area contributed by atoms with Crippen LogP contribution in [0.4, 0.5) is 0 Å². The molecule has 0 spiro atoms. The Labute approximate surface area is 195 Å². The van der Waals surface area contributed by atoms with Crippen LogP contribution in [0, 0.1) is 6.92 Å². The molecule has 5 aromatic rings. The molecule has 0 aliphatic carbocycles. The molecule has 2 aromatic carbocycles. The quantitative estimate of drug-likeness (QED) is 0.349. The van der Waals surface area contributed by atoms with Gasteiger partial charge in [-0.05, 0) is 49.4 Å². The van der Waals surface area contributed by atoms with Gasteiger partial charge in [0.25, 0.3) is 5.56 Å². The minimum atomic E-state index is -0.517. The zero-order valence-corrected chi connectivity index (χ0v) is 18.9. The summed E-state index contributed by atoms with van der Waals surface area (Å²) in [6.45, 7) is 1.70. The largest absolute Gasteiger partial charge is 0.453 e. The number of fused-ring (bicyclic) bond motifs is 2. The van der Waals surface area contributed by atoms with Crippen LogP contribution in [-0.4, -0.2) is 25.7 Å². The lowest BCUT2D eigenvalue weighted by Crippen LogP contribution is -2.14. The van der Waals surface area contributed by atoms with Gasteiger partial charge in [0, 0.05) is 15.4 Å². The number of thiophene rings is 1. The third kappa shape index (κ3) is 3.77. The highest BCUT2D eigenvalue weighted by Gasteiger charge is 2.19. The van der Waals surface area contributed by atoms with Crippen LogP contribution in [0.5, 0.6) is 0 Å². The summed E-state index contributed by atoms with van der Waals surface area (Å²) in [5.41, 5.74) is 1.70. The fourth-order valence-corrected chi connectivity index (χ4v) is 4.79. The minimum absolute atomic E-state index is 0.176. The summed E-state index contributed by atoms with van der Waals surface area (Å²) in [7, 11) is 0. The van der Waals surface area contributed by atoms with Gasteiger partial charge in [0.15, 0.2) is 0 Å². The fraction of sp³-hybridized carbons (Fsp3) is 0.0909. The van der Waals surface area contributed by atoms with Crippen molar-refractivity contribution in [1.29, 1.82) is 0 Å². The van der Waals surface area contributed by atoms with Crippen LogP contribution >= 0.6 is 34.5 Å². The van der Waals surface area contributed by atoms with Gasteiger partial charge in [-0.25, -0.2) is 14.5 Å². The lowest BCUT2D eigenvalue weighted by molar-refractivity contribution is 0.0468. The van der Waals surface area contributed by atoms with Gasteiger partial charge >= 0.3 is 5.97 Å². The molecule has 5 rings (SSSR count). The molecule has 0 amide bonds. The summed E-state index contributed by atoms with van der Waals surface area (Å²) in [6, 6.07) is 13.9. The van der Waals surface area contributed by atoms with Crippen molar-refractivity contribution < 1.29 is 9.53 Å². The first-order valence-corrected chi connectivity index (χ1v) is 11.1. The maximum absolute atomic E-state index is 12.7. The number of halogens is 2. The second-order valence-electron chi connectivity index (χ2n) is 7.06. The topological polar surface area (TPSA) is 89.9 Å². The molecule has 3 aromatic heterocycles. The standard InChI is InChI=1S/C22H14Cl2N4O3S/c1-11-16-9-18(32-21(16)28(27-11)14-4-2-3-12(23)7-14)22(30)31-10-19-25-17-8-13(24)5-6-15(17)20(29)26-19/h2-9H,10H2,1H3,(H,25,26,29). The number of aromatic nitrogens is 4. The van der Waals surface area contributed by atoms with Crippen molar-refractivity contribution in [3.8, 4) is 5.69 Å². The lowest BCUT2D eigenvalue weighted by Gasteiger charge is -2.05. The molecule has 0 radical (unpaired) electrons. The number of nitrogens with zero attached hydrogens (tertiary/aromatic N) is 3. The number of nitrogens with one attached hydrogen (secondary N) is 1. The van der Waals surface area contributed by atoms with Crippen LogP contribution in [0.15, 0.2) is 53.3 Å². The van der Waals surface area contributed by atoms with Gasteiger partial charge in [-0.2, -0.15) is 5.10 Å². The smallest absolute Gasteiger partial charge is 0.348 e. The Morgan fingerprint density at radius 3 is 2.75 bits per heavy atom. The molecule has 0 aliphatic rings. The van der Waals surface area contributed by atoms with Crippen molar-refractivity contribution in [2.45, 2.75) is 13.5 Å². The van der Waals surface area contributed by atoms with E-state index in [4.69, 9.17) is 27.9 Å². The Morgan fingerprint density at radius 2 is 1.94 bits per heavy atom. The van der Waals surface area contributed by atoms with Crippen molar-refractivity contribution >= 4 is 61.6 Å². The van der Waals surface area contributed by atoms with Gasteiger partial charge in [0.2, 0.25) is 0 Å². The van der Waals surface area contributed by atoms with Crippen molar-refractivity contribution in [3.63, 3.8) is 0 Å². The molecule has 1 N–H and O–H groups in total. The van der Waals surface area contributed by atoms with Gasteiger partial charge in [-0.1, -0.05) is 29.3 Å². The molecule has 32 heavy (non-hydrogen) atoms. The average Bonchev–Trinajstić information content (AvgIpc) is 3.32. The predicted octanol–water partition coefficient (Wildman–Crippen LogP) is 5.30. The van der Waals surface area contributed by atoms with E-state index in [0.717, 1.165) is 21.6 Å². The second kappa shape index (κ2) is 8.05. The molecule has 0 saturated heterocycles. The Kier molecular flexibility index (Phi) is 5.21. The van der Waals surface area contributed by atoms with E-state index in [-0.39, 0.29) is 18.0 Å². The third-order valence-corrected chi connectivity index (χ3v) is 6.42. The average molecular weight is 485 g/mol. The first-order chi connectivity index (χ1) is 15.4. The summed E-state index contributed by atoms with van der Waals surface area (Å²) in [6.07, 6.45) is 0. The van der Waals surface area contributed by atoms with Crippen molar-refractivity contribution in [1.82, 2.24) is 19.7 Å². The molecular weight excluding hydrogens is 471 g/mol. The lowest BCUT2D eigenvalue weighted by atomic mass is 10.2. The predicted molar refractivity (Wildman–Crippen MR) is 125 cm³/mol. The van der Waals surface area contributed by atoms with Gasteiger partial charge in [-0.15, -0.1) is 11.3 Å². The molecule has 0 atom stereocenters. The van der Waals surface area contributed by atoms with E-state index in [1.54, 1.807) is 41.1 Å². The van der Waals surface area contributed by atoms with E-state index in [2.05, 4.69) is 15.1 Å². The third-order valence-electron chi connectivity index (χ3n) is 4.86. The monoisotopic (exact) mass is 484 g/mol. The summed E-state index contributed by atoms with van der Waals surface area (Å²) < 4.78 is 7.16. The minimum Gasteiger partial charge on any atom is -0.453 e. The molecule has 0 unspecified atom stereocenters. The van der Waals surface area contributed by atoms with Gasteiger partial charge in [0.05, 0.1) is 22.3 Å². The molecule has 160 valence electrons. The number of H-pyrrole nitrogens is 1. The number of aromatic amines is 1. The maximum Gasteiger partial charge on any atom is 0.348 e. The molecule has 7 nitrogen and oxygen atoms in total. The van der Waals surface area contributed by atoms with Crippen LogP contribution in [0.1, 0.15) is 21.2 Å². The van der Waals surface area contributed by atoms with E-state index in [1.165, 1.54) is 11.3 Å². The number of rotatable bonds is 4. The Balaban J connectivity index is 1.42. The SMILES string of the molecule is Cc1nn(-c2cccc(Cl)c2)c2sc(C(=O)OCc3nc4cc(Cl)ccc4c(=O)[nH]3)cc12. The van der Waals surface area contributed by atoms with Crippen LogP contribution in [0.25, 0.3) is 26.8 Å².